The lowest BCUT2D eigenvalue weighted by Crippen LogP contribution is -2.72. The van der Waals surface area contributed by atoms with E-state index in [0.29, 0.717) is 44.1 Å². The fourth-order valence-electron chi connectivity index (χ4n) is 15.4. The second kappa shape index (κ2) is 16.5. The maximum Gasteiger partial charge on any atom is 0.317 e. The molecule has 0 radical (unpaired) electrons. The quantitative estimate of drug-likeness (QED) is 0.0792. The number of ether oxygens (including phenoxy) is 7. The van der Waals surface area contributed by atoms with Crippen LogP contribution in [0.15, 0.2) is 11.1 Å². The molecule has 0 aromatic carbocycles. The van der Waals surface area contributed by atoms with Crippen molar-refractivity contribution in [3.63, 3.8) is 0 Å². The van der Waals surface area contributed by atoms with Gasteiger partial charge in [-0.2, -0.15) is 0 Å². The van der Waals surface area contributed by atoms with E-state index in [4.69, 9.17) is 33.2 Å². The monoisotopic (exact) mass is 942 g/mol. The van der Waals surface area contributed by atoms with E-state index in [-0.39, 0.29) is 35.2 Å². The maximum absolute atomic E-state index is 13.8. The molecule has 5 heterocycles. The van der Waals surface area contributed by atoms with Gasteiger partial charge < -0.3 is 89.3 Å². The lowest BCUT2D eigenvalue weighted by Gasteiger charge is -2.73. The van der Waals surface area contributed by atoms with E-state index < -0.39 is 139 Å². The smallest absolute Gasteiger partial charge is 0.317 e. The van der Waals surface area contributed by atoms with Crippen LogP contribution in [0.2, 0.25) is 0 Å². The molecule has 11 N–H and O–H groups in total. The normalized spacial score (nSPS) is 56.7. The molecule has 5 saturated heterocycles. The number of hydrogen-bond acceptors (Lipinski definition) is 19. The molecule has 2 bridgehead atoms. The zero-order chi connectivity index (χ0) is 48.1. The van der Waals surface area contributed by atoms with Gasteiger partial charge in [-0.3, -0.25) is 4.79 Å². The molecule has 5 aliphatic carbocycles. The van der Waals surface area contributed by atoms with Crippen molar-refractivity contribution in [1.82, 2.24) is 0 Å². The van der Waals surface area contributed by atoms with Crippen LogP contribution in [0.3, 0.4) is 0 Å². The highest BCUT2D eigenvalue weighted by Crippen LogP contribution is 2.77. The van der Waals surface area contributed by atoms with Crippen molar-refractivity contribution in [3.05, 3.63) is 11.1 Å². The van der Waals surface area contributed by atoms with Crippen LogP contribution in [-0.4, -0.2) is 191 Å². The molecule has 19 nitrogen and oxygen atoms in total. The number of esters is 1. The molecule has 376 valence electrons. The number of rotatable bonds is 8. The molecule has 24 atom stereocenters. The number of aliphatic hydroxyl groups is 11. The largest absolute Gasteiger partial charge is 0.455 e. The Hall–Kier alpha value is -1.47. The highest BCUT2D eigenvalue weighted by molar-refractivity contribution is 5.86. The van der Waals surface area contributed by atoms with Crippen molar-refractivity contribution in [2.45, 2.75) is 216 Å². The predicted octanol–water partition coefficient (Wildman–Crippen LogP) is -0.974. The molecular weight excluding hydrogens is 868 g/mol. The van der Waals surface area contributed by atoms with Crippen LogP contribution in [-0.2, 0) is 38.0 Å². The minimum Gasteiger partial charge on any atom is -0.455 e. The fraction of sp³-hybridized carbons (Fsp3) is 0.936. The summed E-state index contributed by atoms with van der Waals surface area (Å²) in [5.41, 5.74) is -3.46. The van der Waals surface area contributed by atoms with E-state index in [9.17, 15) is 61.0 Å². The first kappa shape index (κ1) is 49.5. The van der Waals surface area contributed by atoms with Crippen molar-refractivity contribution in [2.24, 2.45) is 38.9 Å². The Bertz CT molecular complexity index is 1890. The van der Waals surface area contributed by atoms with Crippen molar-refractivity contribution in [3.8, 4) is 0 Å². The molecule has 9 fully saturated rings. The predicted molar refractivity (Wildman–Crippen MR) is 225 cm³/mol. The zero-order valence-corrected chi connectivity index (χ0v) is 39.1. The summed E-state index contributed by atoms with van der Waals surface area (Å²) in [4.78, 5) is 13.8. The van der Waals surface area contributed by atoms with Crippen LogP contribution >= 0.6 is 0 Å². The summed E-state index contributed by atoms with van der Waals surface area (Å²) >= 11 is 0. The average molecular weight is 943 g/mol. The molecule has 10 rings (SSSR count). The summed E-state index contributed by atoms with van der Waals surface area (Å²) in [7, 11) is 0. The average Bonchev–Trinajstić information content (AvgIpc) is 3.25. The van der Waals surface area contributed by atoms with Gasteiger partial charge in [0.2, 0.25) is 0 Å². The summed E-state index contributed by atoms with van der Waals surface area (Å²) in [6, 6.07) is 0. The molecule has 1 spiro atoms. The Morgan fingerprint density at radius 1 is 0.636 bits per heavy atom. The highest BCUT2D eigenvalue weighted by Gasteiger charge is 2.75. The maximum atomic E-state index is 13.8. The van der Waals surface area contributed by atoms with Gasteiger partial charge in [0, 0.05) is 0 Å². The summed E-state index contributed by atoms with van der Waals surface area (Å²) in [5, 5.41) is 121. The third kappa shape index (κ3) is 6.80. The Kier molecular flexibility index (Phi) is 12.4. The number of aliphatic hydroxyl groups excluding tert-OH is 10. The highest BCUT2D eigenvalue weighted by atomic mass is 16.8. The molecule has 0 aromatic heterocycles. The zero-order valence-electron chi connectivity index (χ0n) is 39.1. The number of carbonyl (C=O) groups excluding carboxylic acids is 1. The first-order valence-electron chi connectivity index (χ1n) is 24.0. The topological polar surface area (TPSA) is 304 Å². The lowest BCUT2D eigenvalue weighted by atomic mass is 9.33. The Labute approximate surface area is 384 Å². The molecule has 0 aromatic rings. The summed E-state index contributed by atoms with van der Waals surface area (Å²) in [6.07, 6.45) is -18.5. The number of carbonyl (C=O) groups is 1. The minimum absolute atomic E-state index is 0.0744. The van der Waals surface area contributed by atoms with E-state index in [1.54, 1.807) is 6.92 Å². The van der Waals surface area contributed by atoms with Crippen molar-refractivity contribution in [1.29, 1.82) is 0 Å². The van der Waals surface area contributed by atoms with Gasteiger partial charge >= 0.3 is 5.97 Å². The molecule has 4 saturated carbocycles. The molecule has 10 aliphatic rings. The fourth-order valence-corrected chi connectivity index (χ4v) is 15.4. The van der Waals surface area contributed by atoms with Gasteiger partial charge in [-0.1, -0.05) is 34.6 Å². The third-order valence-corrected chi connectivity index (χ3v) is 19.7. The van der Waals surface area contributed by atoms with Crippen LogP contribution in [0.1, 0.15) is 106 Å². The van der Waals surface area contributed by atoms with Crippen molar-refractivity contribution < 1.29 is 94.1 Å². The van der Waals surface area contributed by atoms with Gasteiger partial charge in [-0.25, -0.2) is 0 Å². The van der Waals surface area contributed by atoms with E-state index in [2.05, 4.69) is 34.6 Å². The molecular formula is C47H74O19. The van der Waals surface area contributed by atoms with Crippen LogP contribution in [0.4, 0.5) is 0 Å². The first-order chi connectivity index (χ1) is 30.8. The first-order valence-corrected chi connectivity index (χ1v) is 24.0. The number of hydrogen-bond donors (Lipinski definition) is 11. The summed E-state index contributed by atoms with van der Waals surface area (Å²) in [6.45, 7) is 12.9. The van der Waals surface area contributed by atoms with Crippen LogP contribution in [0.25, 0.3) is 0 Å². The van der Waals surface area contributed by atoms with Crippen molar-refractivity contribution >= 4 is 5.97 Å². The van der Waals surface area contributed by atoms with Gasteiger partial charge in [0.05, 0.1) is 37.4 Å². The van der Waals surface area contributed by atoms with Crippen LogP contribution < -0.4 is 0 Å². The van der Waals surface area contributed by atoms with Crippen molar-refractivity contribution in [2.75, 3.05) is 19.8 Å². The molecule has 12 unspecified atom stereocenters. The van der Waals surface area contributed by atoms with Crippen LogP contribution in [0.5, 0.6) is 0 Å². The second-order valence-electron chi connectivity index (χ2n) is 23.1. The van der Waals surface area contributed by atoms with Gasteiger partial charge in [0.25, 0.3) is 0 Å². The molecule has 5 aliphatic heterocycles. The summed E-state index contributed by atoms with van der Waals surface area (Å²) in [5.74, 6) is -0.115. The van der Waals surface area contributed by atoms with Gasteiger partial charge in [-0.15, -0.1) is 0 Å². The third-order valence-electron chi connectivity index (χ3n) is 19.7. The standard InChI is InChI=1S/C47H74O19/c1-41(2)24-8-11-43(4)25(16-20(50)27-36-46(7,59)45(6)13-15-47(36,40(58)66-45)14-12-44(27,43)5)42(24,3)10-9-26(41)63-37-33(57)34(21(51)19-60-37)64-39-35(31(55)29(53)23(18-49)62-39)65-38-32(56)30(54)28(52)22(17-48)61-38/h20-26,28-35,37-39,48-57,59H,8-19H2,1-7H3/t20-,21+,22?,23-,24?,25?,26+,28-,29?,30?,31+,32-,33?,34+,35?,37?,38+,39?,42+,43-,44?,45?,46+,47?/m1/s1. The van der Waals surface area contributed by atoms with E-state index >= 15 is 0 Å². The van der Waals surface area contributed by atoms with E-state index in [0.717, 1.165) is 24.8 Å². The lowest BCUT2D eigenvalue weighted by molar-refractivity contribution is -0.387. The Morgan fingerprint density at radius 2 is 1.26 bits per heavy atom. The molecule has 0 amide bonds. The minimum atomic E-state index is -1.89. The molecule has 66 heavy (non-hydrogen) atoms. The van der Waals surface area contributed by atoms with Gasteiger partial charge in [-0.05, 0) is 116 Å². The molecule has 19 heteroatoms. The number of fused-ring (bicyclic) bond motifs is 7. The van der Waals surface area contributed by atoms with Gasteiger partial charge in [0.1, 0.15) is 78.3 Å². The van der Waals surface area contributed by atoms with E-state index in [1.807, 2.05) is 6.92 Å². The summed E-state index contributed by atoms with van der Waals surface area (Å²) < 4.78 is 41.8. The van der Waals surface area contributed by atoms with Gasteiger partial charge in [0.15, 0.2) is 18.9 Å². The Morgan fingerprint density at radius 3 is 1.91 bits per heavy atom. The van der Waals surface area contributed by atoms with E-state index in [1.165, 1.54) is 0 Å². The van der Waals surface area contributed by atoms with Crippen LogP contribution in [0, 0.1) is 38.9 Å². The SMILES string of the molecule is CC1(C)C2CC[C@]3(C)C(C[C@@H](O)C4=C5C6(CCC(C)(OC6=O)[C@@]5(C)O)CCC43C)[C@@]2(C)CC[C@@H]1OC1OC[C@H](O)[C@H](OC2O[C@H](CO)C(O)[C@H](O)C2O[C@@H]2OC(CO)[C@@H](O)C(O)[C@H]2O)C1O. The second-order valence-corrected chi connectivity index (χ2v) is 23.1. The Balaban J connectivity index is 0.934.